The molecule has 1 fully saturated rings. The smallest absolute Gasteiger partial charge is 0.233 e. The van der Waals surface area contributed by atoms with E-state index in [0.29, 0.717) is 31.9 Å². The summed E-state index contributed by atoms with van der Waals surface area (Å²) >= 11 is 0. The fourth-order valence-corrected chi connectivity index (χ4v) is 3.18. The van der Waals surface area contributed by atoms with Crippen LogP contribution >= 0.6 is 0 Å². The average molecular weight is 367 g/mol. The van der Waals surface area contributed by atoms with E-state index in [1.54, 1.807) is 12.0 Å². The Labute approximate surface area is 159 Å². The van der Waals surface area contributed by atoms with Crippen LogP contribution in [0.5, 0.6) is 5.75 Å². The van der Waals surface area contributed by atoms with Crippen LogP contribution in [-0.2, 0) is 9.59 Å². The fourth-order valence-electron chi connectivity index (χ4n) is 3.18. The molecule has 1 aliphatic heterocycles. The summed E-state index contributed by atoms with van der Waals surface area (Å²) in [4.78, 5) is 28.5. The van der Waals surface area contributed by atoms with E-state index in [0.717, 1.165) is 17.0 Å². The Hall–Kier alpha value is -3.02. The lowest BCUT2D eigenvalue weighted by molar-refractivity contribution is -0.134. The van der Waals surface area contributed by atoms with Gasteiger partial charge in [-0.3, -0.25) is 9.59 Å². The van der Waals surface area contributed by atoms with Gasteiger partial charge in [0.15, 0.2) is 0 Å². The molecule has 0 unspecified atom stereocenters. The molecule has 0 radical (unpaired) electrons. The summed E-state index contributed by atoms with van der Waals surface area (Å²) in [6.07, 6.45) is -0.136. The second-order valence-electron chi connectivity index (χ2n) is 6.63. The van der Waals surface area contributed by atoms with Crippen molar-refractivity contribution < 1.29 is 14.3 Å². The van der Waals surface area contributed by atoms with E-state index in [1.165, 1.54) is 0 Å². The number of methoxy groups -OCH3 is 1. The van der Waals surface area contributed by atoms with E-state index in [-0.39, 0.29) is 18.2 Å². The van der Waals surface area contributed by atoms with Crippen molar-refractivity contribution in [2.75, 3.05) is 43.5 Å². The first-order chi connectivity index (χ1) is 13.1. The highest BCUT2D eigenvalue weighted by atomic mass is 16.5. The molecule has 1 aliphatic rings. The number of benzene rings is 2. The zero-order valence-corrected chi connectivity index (χ0v) is 15.8. The van der Waals surface area contributed by atoms with Gasteiger partial charge >= 0.3 is 0 Å². The Balaban J connectivity index is 1.51. The standard InChI is InChI=1S/C21H25N3O3/c1-16-7-9-17(10-8-16)22-20(25)15-21(26)24-13-11-23(12-14-24)18-5-3-4-6-19(18)27-2/h3-10H,11-15H2,1-2H3,(H,22,25). The summed E-state index contributed by atoms with van der Waals surface area (Å²) in [5.74, 6) is 0.407. The van der Waals surface area contributed by atoms with Crippen LogP contribution in [0.15, 0.2) is 48.5 Å². The molecule has 6 heteroatoms. The maximum atomic E-state index is 12.4. The van der Waals surface area contributed by atoms with Gasteiger partial charge in [-0.1, -0.05) is 29.8 Å². The molecule has 142 valence electrons. The second kappa shape index (κ2) is 8.58. The molecule has 0 aliphatic carbocycles. The van der Waals surface area contributed by atoms with Crippen molar-refractivity contribution in [2.45, 2.75) is 13.3 Å². The number of nitrogens with zero attached hydrogens (tertiary/aromatic N) is 2. The van der Waals surface area contributed by atoms with Gasteiger partial charge in [0.2, 0.25) is 11.8 Å². The van der Waals surface area contributed by atoms with Crippen LogP contribution in [0.3, 0.4) is 0 Å². The zero-order chi connectivity index (χ0) is 19.2. The molecule has 1 heterocycles. The summed E-state index contributed by atoms with van der Waals surface area (Å²) in [5.41, 5.74) is 2.86. The number of carbonyl (C=O) groups is 2. The molecular weight excluding hydrogens is 342 g/mol. The maximum absolute atomic E-state index is 12.4. The van der Waals surface area contributed by atoms with E-state index >= 15 is 0 Å². The van der Waals surface area contributed by atoms with E-state index in [9.17, 15) is 9.59 Å². The minimum atomic E-state index is -0.281. The van der Waals surface area contributed by atoms with Gasteiger partial charge in [0.25, 0.3) is 0 Å². The van der Waals surface area contributed by atoms with Gasteiger partial charge in [0.1, 0.15) is 12.2 Å². The van der Waals surface area contributed by atoms with Crippen LogP contribution in [0.25, 0.3) is 0 Å². The minimum absolute atomic E-state index is 0.136. The summed E-state index contributed by atoms with van der Waals surface area (Å²) in [5, 5.41) is 2.78. The predicted molar refractivity (Wildman–Crippen MR) is 106 cm³/mol. The number of rotatable bonds is 5. The second-order valence-corrected chi connectivity index (χ2v) is 6.63. The number of ether oxygens (including phenoxy) is 1. The summed E-state index contributed by atoms with van der Waals surface area (Å²) < 4.78 is 5.41. The maximum Gasteiger partial charge on any atom is 0.233 e. The Morgan fingerprint density at radius 3 is 2.33 bits per heavy atom. The van der Waals surface area contributed by atoms with E-state index in [4.69, 9.17) is 4.74 Å². The first-order valence-electron chi connectivity index (χ1n) is 9.09. The molecule has 3 rings (SSSR count). The largest absolute Gasteiger partial charge is 0.495 e. The fraction of sp³-hybridized carbons (Fsp3) is 0.333. The van der Waals surface area contributed by atoms with Crippen molar-refractivity contribution in [3.05, 3.63) is 54.1 Å². The Bertz CT molecular complexity index is 797. The van der Waals surface area contributed by atoms with Crippen molar-refractivity contribution >= 4 is 23.2 Å². The van der Waals surface area contributed by atoms with Crippen molar-refractivity contribution in [1.82, 2.24) is 4.90 Å². The van der Waals surface area contributed by atoms with Crippen LogP contribution in [0.2, 0.25) is 0 Å². The van der Waals surface area contributed by atoms with E-state index in [1.807, 2.05) is 55.5 Å². The van der Waals surface area contributed by atoms with Crippen molar-refractivity contribution in [2.24, 2.45) is 0 Å². The van der Waals surface area contributed by atoms with Crippen LogP contribution in [0.4, 0.5) is 11.4 Å². The molecule has 2 amide bonds. The molecule has 0 saturated carbocycles. The third-order valence-electron chi connectivity index (χ3n) is 4.71. The molecule has 2 aromatic carbocycles. The number of anilines is 2. The van der Waals surface area contributed by atoms with Gasteiger partial charge in [-0.15, -0.1) is 0 Å². The first-order valence-corrected chi connectivity index (χ1v) is 9.09. The summed E-state index contributed by atoms with van der Waals surface area (Å²) in [6, 6.07) is 15.4. The number of hydrogen-bond donors (Lipinski definition) is 1. The van der Waals surface area contributed by atoms with Crippen LogP contribution in [-0.4, -0.2) is 50.0 Å². The lowest BCUT2D eigenvalue weighted by Crippen LogP contribution is -2.49. The molecule has 1 N–H and O–H groups in total. The lowest BCUT2D eigenvalue weighted by atomic mass is 10.2. The van der Waals surface area contributed by atoms with Crippen LogP contribution in [0, 0.1) is 6.92 Å². The summed E-state index contributed by atoms with van der Waals surface area (Å²) in [7, 11) is 1.66. The van der Waals surface area contributed by atoms with Gasteiger partial charge < -0.3 is 19.9 Å². The molecule has 1 saturated heterocycles. The highest BCUT2D eigenvalue weighted by Crippen LogP contribution is 2.28. The molecule has 0 aromatic heterocycles. The number of piperazine rings is 1. The van der Waals surface area contributed by atoms with Crippen LogP contribution in [0.1, 0.15) is 12.0 Å². The normalized spacial score (nSPS) is 14.0. The Morgan fingerprint density at radius 2 is 1.67 bits per heavy atom. The molecule has 0 bridgehead atoms. The van der Waals surface area contributed by atoms with Gasteiger partial charge in [0.05, 0.1) is 12.8 Å². The predicted octanol–water partition coefficient (Wildman–Crippen LogP) is 2.68. The molecule has 0 atom stereocenters. The lowest BCUT2D eigenvalue weighted by Gasteiger charge is -2.36. The van der Waals surface area contributed by atoms with Crippen molar-refractivity contribution in [1.29, 1.82) is 0 Å². The number of amides is 2. The molecule has 0 spiro atoms. The van der Waals surface area contributed by atoms with Gasteiger partial charge in [-0.2, -0.15) is 0 Å². The third kappa shape index (κ3) is 4.78. The number of carbonyl (C=O) groups excluding carboxylic acids is 2. The number of hydrogen-bond acceptors (Lipinski definition) is 4. The number of aryl methyl sites for hydroxylation is 1. The van der Waals surface area contributed by atoms with Gasteiger partial charge in [-0.25, -0.2) is 0 Å². The van der Waals surface area contributed by atoms with Crippen molar-refractivity contribution in [3.63, 3.8) is 0 Å². The SMILES string of the molecule is COc1ccccc1N1CCN(C(=O)CC(=O)Nc2ccc(C)cc2)CC1. The highest BCUT2D eigenvalue weighted by Gasteiger charge is 2.24. The highest BCUT2D eigenvalue weighted by molar-refractivity contribution is 6.03. The number of para-hydroxylation sites is 2. The average Bonchev–Trinajstić information content (AvgIpc) is 2.69. The Kier molecular flexibility index (Phi) is 5.96. The minimum Gasteiger partial charge on any atom is -0.495 e. The van der Waals surface area contributed by atoms with Gasteiger partial charge in [0, 0.05) is 31.9 Å². The molecule has 27 heavy (non-hydrogen) atoms. The summed E-state index contributed by atoms with van der Waals surface area (Å²) in [6.45, 7) is 4.60. The van der Waals surface area contributed by atoms with E-state index < -0.39 is 0 Å². The third-order valence-corrected chi connectivity index (χ3v) is 4.71. The molecule has 6 nitrogen and oxygen atoms in total. The molecule has 2 aromatic rings. The first kappa shape index (κ1) is 18.8. The van der Waals surface area contributed by atoms with Gasteiger partial charge in [-0.05, 0) is 31.2 Å². The quantitative estimate of drug-likeness (QED) is 0.826. The van der Waals surface area contributed by atoms with Crippen LogP contribution < -0.4 is 15.0 Å². The molecular formula is C21H25N3O3. The topological polar surface area (TPSA) is 61.9 Å². The monoisotopic (exact) mass is 367 g/mol. The zero-order valence-electron chi connectivity index (χ0n) is 15.8. The van der Waals surface area contributed by atoms with E-state index in [2.05, 4.69) is 10.2 Å². The van der Waals surface area contributed by atoms with Crippen molar-refractivity contribution in [3.8, 4) is 5.75 Å². The Morgan fingerprint density at radius 1 is 1.00 bits per heavy atom. The number of nitrogens with one attached hydrogen (secondary N) is 1.